The Morgan fingerprint density at radius 3 is 2.42 bits per heavy atom. The number of rotatable bonds is 9. The highest BCUT2D eigenvalue weighted by atomic mass is 16.5. The smallest absolute Gasteiger partial charge is 0.191 e. The molecule has 0 amide bonds. The van der Waals surface area contributed by atoms with E-state index in [1.165, 1.54) is 51.7 Å². The van der Waals surface area contributed by atoms with Gasteiger partial charge in [0.2, 0.25) is 0 Å². The third-order valence-corrected chi connectivity index (χ3v) is 5.48. The van der Waals surface area contributed by atoms with E-state index in [0.29, 0.717) is 0 Å². The second kappa shape index (κ2) is 11.8. The van der Waals surface area contributed by atoms with Crippen LogP contribution in [-0.2, 0) is 4.74 Å². The van der Waals surface area contributed by atoms with Crippen LogP contribution < -0.4 is 10.6 Å². The van der Waals surface area contributed by atoms with Crippen LogP contribution in [0.3, 0.4) is 0 Å². The highest BCUT2D eigenvalue weighted by Crippen LogP contribution is 2.20. The van der Waals surface area contributed by atoms with Crippen molar-refractivity contribution in [3.05, 3.63) is 0 Å². The molecule has 0 bridgehead atoms. The molecule has 0 aliphatic carbocycles. The molecule has 6 nitrogen and oxygen atoms in total. The standard InChI is InChI=1S/C20H41N5O/c1-4-21-19(22-10-6-9-11-24-14-16-26-17-15-24)23-18-20(2,3)25-12-7-5-8-13-25/h4-18H2,1-3H3,(H2,21,22,23). The maximum absolute atomic E-state index is 5.40. The highest BCUT2D eigenvalue weighted by Gasteiger charge is 2.27. The number of hydrogen-bond acceptors (Lipinski definition) is 4. The fraction of sp³-hybridized carbons (Fsp3) is 0.950. The topological polar surface area (TPSA) is 52.1 Å². The number of piperidine rings is 1. The van der Waals surface area contributed by atoms with Crippen LogP contribution in [0.1, 0.15) is 52.9 Å². The first kappa shape index (κ1) is 21.5. The van der Waals surface area contributed by atoms with Crippen molar-refractivity contribution in [2.45, 2.75) is 58.4 Å². The zero-order chi connectivity index (χ0) is 18.7. The van der Waals surface area contributed by atoms with Crippen LogP contribution in [-0.4, -0.2) is 86.9 Å². The van der Waals surface area contributed by atoms with Gasteiger partial charge in [-0.1, -0.05) is 6.42 Å². The molecule has 2 N–H and O–H groups in total. The first-order chi connectivity index (χ1) is 12.6. The summed E-state index contributed by atoms with van der Waals surface area (Å²) in [5, 5.41) is 6.90. The molecular weight excluding hydrogens is 326 g/mol. The molecule has 152 valence electrons. The predicted octanol–water partition coefficient (Wildman–Crippen LogP) is 1.92. The van der Waals surface area contributed by atoms with E-state index in [4.69, 9.17) is 9.73 Å². The van der Waals surface area contributed by atoms with E-state index in [2.05, 4.69) is 41.2 Å². The van der Waals surface area contributed by atoms with Gasteiger partial charge in [0.25, 0.3) is 0 Å². The third kappa shape index (κ3) is 7.80. The summed E-state index contributed by atoms with van der Waals surface area (Å²) in [7, 11) is 0. The maximum Gasteiger partial charge on any atom is 0.191 e. The van der Waals surface area contributed by atoms with E-state index in [1.807, 2.05) is 0 Å². The highest BCUT2D eigenvalue weighted by molar-refractivity contribution is 5.79. The van der Waals surface area contributed by atoms with Crippen LogP contribution in [0.5, 0.6) is 0 Å². The van der Waals surface area contributed by atoms with Crippen LogP contribution in [0.2, 0.25) is 0 Å². The molecule has 2 fully saturated rings. The van der Waals surface area contributed by atoms with Crippen molar-refractivity contribution >= 4 is 5.96 Å². The Labute approximate surface area is 160 Å². The maximum atomic E-state index is 5.40. The molecule has 2 rings (SSSR count). The van der Waals surface area contributed by atoms with Crippen LogP contribution in [0.15, 0.2) is 4.99 Å². The van der Waals surface area contributed by atoms with Gasteiger partial charge in [-0.15, -0.1) is 0 Å². The molecule has 2 heterocycles. The van der Waals surface area contributed by atoms with Crippen molar-refractivity contribution in [3.8, 4) is 0 Å². The molecular formula is C20H41N5O. The predicted molar refractivity (Wildman–Crippen MR) is 110 cm³/mol. The van der Waals surface area contributed by atoms with E-state index < -0.39 is 0 Å². The van der Waals surface area contributed by atoms with Gasteiger partial charge < -0.3 is 15.4 Å². The number of likely N-dealkylation sites (tertiary alicyclic amines) is 1. The molecule has 2 aliphatic rings. The second-order valence-electron chi connectivity index (χ2n) is 8.14. The van der Waals surface area contributed by atoms with Crippen molar-refractivity contribution < 1.29 is 4.74 Å². The van der Waals surface area contributed by atoms with Gasteiger partial charge in [-0.05, 0) is 66.1 Å². The van der Waals surface area contributed by atoms with Crippen LogP contribution >= 0.6 is 0 Å². The average molecular weight is 368 g/mol. The van der Waals surface area contributed by atoms with Gasteiger partial charge in [0.1, 0.15) is 0 Å². The first-order valence-corrected chi connectivity index (χ1v) is 10.7. The van der Waals surface area contributed by atoms with Gasteiger partial charge in [0, 0.05) is 31.7 Å². The fourth-order valence-corrected chi connectivity index (χ4v) is 3.71. The van der Waals surface area contributed by atoms with Gasteiger partial charge >= 0.3 is 0 Å². The summed E-state index contributed by atoms with van der Waals surface area (Å²) in [6.45, 7) is 17.1. The minimum absolute atomic E-state index is 0.138. The molecule has 0 aromatic heterocycles. The summed E-state index contributed by atoms with van der Waals surface area (Å²) >= 11 is 0. The summed E-state index contributed by atoms with van der Waals surface area (Å²) in [6, 6.07) is 0. The van der Waals surface area contributed by atoms with Gasteiger partial charge in [-0.2, -0.15) is 0 Å². The number of morpholine rings is 1. The number of aliphatic imine (C=N–C) groups is 1. The van der Waals surface area contributed by atoms with E-state index in [9.17, 15) is 0 Å². The number of guanidine groups is 1. The Morgan fingerprint density at radius 1 is 1.00 bits per heavy atom. The summed E-state index contributed by atoms with van der Waals surface area (Å²) in [4.78, 5) is 9.98. The largest absolute Gasteiger partial charge is 0.379 e. The lowest BCUT2D eigenvalue weighted by molar-refractivity contribution is 0.0372. The Bertz CT molecular complexity index is 401. The van der Waals surface area contributed by atoms with Crippen LogP contribution in [0.4, 0.5) is 0 Å². The first-order valence-electron chi connectivity index (χ1n) is 10.7. The summed E-state index contributed by atoms with van der Waals surface area (Å²) in [5.41, 5.74) is 0.138. The average Bonchev–Trinajstić information content (AvgIpc) is 2.67. The molecule has 0 radical (unpaired) electrons. The quantitative estimate of drug-likeness (QED) is 0.370. The van der Waals surface area contributed by atoms with E-state index in [0.717, 1.165) is 51.9 Å². The van der Waals surface area contributed by atoms with E-state index >= 15 is 0 Å². The molecule has 0 saturated carbocycles. The Hall–Kier alpha value is -0.850. The van der Waals surface area contributed by atoms with Gasteiger partial charge in [0.05, 0.1) is 19.8 Å². The lowest BCUT2D eigenvalue weighted by Gasteiger charge is -2.40. The molecule has 6 heteroatoms. The second-order valence-corrected chi connectivity index (χ2v) is 8.14. The molecule has 0 aromatic rings. The molecule has 2 saturated heterocycles. The van der Waals surface area contributed by atoms with Crippen LogP contribution in [0.25, 0.3) is 0 Å². The van der Waals surface area contributed by atoms with Crippen molar-refractivity contribution in [2.24, 2.45) is 4.99 Å². The number of nitrogens with zero attached hydrogens (tertiary/aromatic N) is 3. The third-order valence-electron chi connectivity index (χ3n) is 5.48. The van der Waals surface area contributed by atoms with E-state index in [-0.39, 0.29) is 5.54 Å². The van der Waals surface area contributed by atoms with Gasteiger partial charge in [0.15, 0.2) is 5.96 Å². The SMILES string of the molecule is CCNC(=NCC(C)(C)N1CCCCC1)NCCCCN1CCOCC1. The summed E-state index contributed by atoms with van der Waals surface area (Å²) in [6.07, 6.45) is 6.44. The van der Waals surface area contributed by atoms with Crippen LogP contribution in [0, 0.1) is 0 Å². The molecule has 2 aliphatic heterocycles. The fourth-order valence-electron chi connectivity index (χ4n) is 3.71. The zero-order valence-electron chi connectivity index (χ0n) is 17.4. The molecule has 0 spiro atoms. The van der Waals surface area contributed by atoms with Gasteiger partial charge in [-0.3, -0.25) is 14.8 Å². The Morgan fingerprint density at radius 2 is 1.73 bits per heavy atom. The lowest BCUT2D eigenvalue weighted by atomic mass is 9.99. The monoisotopic (exact) mass is 367 g/mol. The number of nitrogens with one attached hydrogen (secondary N) is 2. The molecule has 0 aromatic carbocycles. The summed E-state index contributed by atoms with van der Waals surface area (Å²) < 4.78 is 5.40. The Balaban J connectivity index is 1.68. The Kier molecular flexibility index (Phi) is 9.72. The molecule has 26 heavy (non-hydrogen) atoms. The minimum Gasteiger partial charge on any atom is -0.379 e. The molecule has 0 unspecified atom stereocenters. The number of ether oxygens (including phenoxy) is 1. The van der Waals surface area contributed by atoms with Crippen molar-refractivity contribution in [1.29, 1.82) is 0 Å². The van der Waals surface area contributed by atoms with Crippen molar-refractivity contribution in [2.75, 3.05) is 65.6 Å². The number of hydrogen-bond donors (Lipinski definition) is 2. The van der Waals surface area contributed by atoms with E-state index in [1.54, 1.807) is 0 Å². The normalized spacial score (nSPS) is 21.0. The van der Waals surface area contributed by atoms with Gasteiger partial charge in [-0.25, -0.2) is 0 Å². The molecule has 0 atom stereocenters. The van der Waals surface area contributed by atoms with Crippen molar-refractivity contribution in [1.82, 2.24) is 20.4 Å². The van der Waals surface area contributed by atoms with Crippen molar-refractivity contribution in [3.63, 3.8) is 0 Å². The zero-order valence-corrected chi connectivity index (χ0v) is 17.4. The lowest BCUT2D eigenvalue weighted by Crippen LogP contribution is -2.49. The summed E-state index contributed by atoms with van der Waals surface area (Å²) in [5.74, 6) is 0.962. The number of unbranched alkanes of at least 4 members (excludes halogenated alkanes) is 1. The minimum atomic E-state index is 0.138.